The van der Waals surface area contributed by atoms with Gasteiger partial charge in [0.05, 0.1) is 42.6 Å². The van der Waals surface area contributed by atoms with Crippen molar-refractivity contribution in [1.82, 2.24) is 4.90 Å². The van der Waals surface area contributed by atoms with Crippen LogP contribution in [0.25, 0.3) is 0 Å². The van der Waals surface area contributed by atoms with E-state index in [-0.39, 0.29) is 47.3 Å². The highest BCUT2D eigenvalue weighted by Gasteiger charge is 2.31. The number of nitrogens with zero attached hydrogens (tertiary/aromatic N) is 1. The summed E-state index contributed by atoms with van der Waals surface area (Å²) in [6.07, 6.45) is 1.13. The van der Waals surface area contributed by atoms with Crippen LogP contribution < -0.4 is 9.47 Å². The Balaban J connectivity index is 1.82. The number of amides is 1. The van der Waals surface area contributed by atoms with E-state index in [0.717, 1.165) is 0 Å². The van der Waals surface area contributed by atoms with Gasteiger partial charge in [-0.1, -0.05) is 12.1 Å². The van der Waals surface area contributed by atoms with Crippen LogP contribution in [-0.4, -0.2) is 67.5 Å². The van der Waals surface area contributed by atoms with Crippen molar-refractivity contribution in [2.24, 2.45) is 0 Å². The highest BCUT2D eigenvalue weighted by atomic mass is 16.5. The number of aldehydes is 2. The van der Waals surface area contributed by atoms with Crippen LogP contribution in [0, 0.1) is 0 Å². The Labute approximate surface area is 174 Å². The van der Waals surface area contributed by atoms with Crippen molar-refractivity contribution in [2.75, 3.05) is 33.0 Å². The Morgan fingerprint density at radius 1 is 1.13 bits per heavy atom. The molecule has 30 heavy (non-hydrogen) atoms. The molecule has 1 aliphatic rings. The van der Waals surface area contributed by atoms with Crippen molar-refractivity contribution in [3.8, 4) is 17.2 Å². The lowest BCUT2D eigenvalue weighted by atomic mass is 10.0. The molecule has 0 spiro atoms. The van der Waals surface area contributed by atoms with Crippen molar-refractivity contribution in [3.63, 3.8) is 0 Å². The molecule has 1 fully saturated rings. The van der Waals surface area contributed by atoms with E-state index in [1.54, 1.807) is 42.2 Å². The molecule has 2 aromatic rings. The zero-order chi connectivity index (χ0) is 21.5. The van der Waals surface area contributed by atoms with Gasteiger partial charge in [0.25, 0.3) is 5.91 Å². The molecule has 1 atom stereocenters. The Bertz CT molecular complexity index is 928. The van der Waals surface area contributed by atoms with Crippen LogP contribution in [0.3, 0.4) is 0 Å². The number of morpholine rings is 1. The third-order valence-corrected chi connectivity index (χ3v) is 4.79. The lowest BCUT2D eigenvalue weighted by Gasteiger charge is -2.35. The highest BCUT2D eigenvalue weighted by Crippen LogP contribution is 2.27. The molecule has 8 nitrogen and oxygen atoms in total. The van der Waals surface area contributed by atoms with E-state index >= 15 is 0 Å². The molecule has 1 amide bonds. The molecule has 1 N–H and O–H groups in total. The number of hydrogen-bond donors (Lipinski definition) is 1. The first kappa shape index (κ1) is 21.3. The third-order valence-electron chi connectivity index (χ3n) is 4.79. The number of benzene rings is 2. The average Bonchev–Trinajstić information content (AvgIpc) is 2.77. The second kappa shape index (κ2) is 9.89. The average molecular weight is 413 g/mol. The van der Waals surface area contributed by atoms with Crippen molar-refractivity contribution in [3.05, 3.63) is 53.1 Å². The molecule has 3 rings (SSSR count). The van der Waals surface area contributed by atoms with Gasteiger partial charge in [0.15, 0.2) is 12.6 Å². The molecule has 0 bridgehead atoms. The van der Waals surface area contributed by atoms with E-state index in [9.17, 15) is 19.5 Å². The van der Waals surface area contributed by atoms with Crippen molar-refractivity contribution in [2.45, 2.75) is 13.0 Å². The van der Waals surface area contributed by atoms with E-state index in [0.29, 0.717) is 38.1 Å². The van der Waals surface area contributed by atoms with Gasteiger partial charge in [-0.3, -0.25) is 14.4 Å². The monoisotopic (exact) mass is 413 g/mol. The molecule has 0 aliphatic carbocycles. The maximum Gasteiger partial charge on any atom is 0.255 e. The Kier molecular flexibility index (Phi) is 7.03. The molecule has 1 heterocycles. The molecule has 1 saturated heterocycles. The SMILES string of the molecule is CCOc1cccc(C(=O)N2CCOCC2COc2cccc(O)c2C=O)c1C=O. The largest absolute Gasteiger partial charge is 0.507 e. The van der Waals surface area contributed by atoms with Crippen molar-refractivity contribution in [1.29, 1.82) is 0 Å². The summed E-state index contributed by atoms with van der Waals surface area (Å²) in [6.45, 7) is 3.14. The fourth-order valence-electron chi connectivity index (χ4n) is 3.31. The van der Waals surface area contributed by atoms with Gasteiger partial charge < -0.3 is 24.2 Å². The summed E-state index contributed by atoms with van der Waals surface area (Å²) in [6, 6.07) is 8.98. The zero-order valence-corrected chi connectivity index (χ0v) is 16.6. The second-order valence-corrected chi connectivity index (χ2v) is 6.61. The van der Waals surface area contributed by atoms with Crippen molar-refractivity contribution < 1.29 is 33.7 Å². The number of rotatable bonds is 8. The minimum absolute atomic E-state index is 0.0414. The standard InChI is InChI=1S/C22H23NO7/c1-2-29-20-7-3-5-16(17(20)11-24)22(27)23-9-10-28-13-15(23)14-30-21-8-4-6-19(26)18(21)12-25/h3-8,11-12,15,26H,2,9-10,13-14H2,1H3. The topological polar surface area (TPSA) is 102 Å². The van der Waals surface area contributed by atoms with E-state index in [1.165, 1.54) is 6.07 Å². The first-order valence-corrected chi connectivity index (χ1v) is 9.60. The molecule has 8 heteroatoms. The lowest BCUT2D eigenvalue weighted by Crippen LogP contribution is -2.51. The fourth-order valence-corrected chi connectivity index (χ4v) is 3.31. The summed E-state index contributed by atoms with van der Waals surface area (Å²) < 4.78 is 16.7. The summed E-state index contributed by atoms with van der Waals surface area (Å²) in [7, 11) is 0. The summed E-state index contributed by atoms with van der Waals surface area (Å²) in [4.78, 5) is 37.7. The number of hydrogen-bond acceptors (Lipinski definition) is 7. The normalized spacial score (nSPS) is 16.0. The summed E-state index contributed by atoms with van der Waals surface area (Å²) in [5, 5.41) is 9.80. The minimum atomic E-state index is -0.441. The van der Waals surface area contributed by atoms with Gasteiger partial charge in [-0.05, 0) is 31.2 Å². The quantitative estimate of drug-likeness (QED) is 0.663. The molecule has 0 saturated carbocycles. The van der Waals surface area contributed by atoms with Crippen LogP contribution >= 0.6 is 0 Å². The lowest BCUT2D eigenvalue weighted by molar-refractivity contribution is -0.0151. The zero-order valence-electron chi connectivity index (χ0n) is 16.6. The van der Waals surface area contributed by atoms with Crippen molar-refractivity contribution >= 4 is 18.5 Å². The van der Waals surface area contributed by atoms with Gasteiger partial charge in [-0.2, -0.15) is 0 Å². The Hall–Kier alpha value is -3.39. The van der Waals surface area contributed by atoms with Crippen LogP contribution in [0.1, 0.15) is 38.0 Å². The molecule has 0 radical (unpaired) electrons. The molecular formula is C22H23NO7. The summed E-state index contributed by atoms with van der Waals surface area (Å²) in [5.41, 5.74) is 0.486. The molecule has 1 aliphatic heterocycles. The number of carbonyl (C=O) groups excluding carboxylic acids is 3. The van der Waals surface area contributed by atoms with Crippen LogP contribution in [0.2, 0.25) is 0 Å². The van der Waals surface area contributed by atoms with Gasteiger partial charge in [-0.25, -0.2) is 0 Å². The number of carbonyl (C=O) groups is 3. The first-order valence-electron chi connectivity index (χ1n) is 9.60. The van der Waals surface area contributed by atoms with E-state index in [2.05, 4.69) is 0 Å². The van der Waals surface area contributed by atoms with Gasteiger partial charge in [-0.15, -0.1) is 0 Å². The Morgan fingerprint density at radius 3 is 2.53 bits per heavy atom. The maximum absolute atomic E-state index is 13.2. The number of phenols is 1. The molecule has 1 unspecified atom stereocenters. The molecule has 0 aromatic heterocycles. The highest BCUT2D eigenvalue weighted by molar-refractivity contribution is 6.03. The molecule has 2 aromatic carbocycles. The van der Waals surface area contributed by atoms with Crippen LogP contribution in [-0.2, 0) is 4.74 Å². The van der Waals surface area contributed by atoms with Gasteiger partial charge in [0, 0.05) is 6.54 Å². The third kappa shape index (κ3) is 4.44. The van der Waals surface area contributed by atoms with E-state index in [4.69, 9.17) is 14.2 Å². The van der Waals surface area contributed by atoms with Crippen LogP contribution in [0.4, 0.5) is 0 Å². The fraction of sp³-hybridized carbons (Fsp3) is 0.318. The van der Waals surface area contributed by atoms with Crippen LogP contribution in [0.15, 0.2) is 36.4 Å². The maximum atomic E-state index is 13.2. The smallest absolute Gasteiger partial charge is 0.255 e. The number of phenolic OH excluding ortho intramolecular Hbond substituents is 1. The second-order valence-electron chi connectivity index (χ2n) is 6.61. The Morgan fingerprint density at radius 2 is 1.83 bits per heavy atom. The number of aromatic hydroxyl groups is 1. The molecular weight excluding hydrogens is 390 g/mol. The molecule has 158 valence electrons. The number of ether oxygens (including phenoxy) is 3. The first-order chi connectivity index (χ1) is 14.6. The predicted octanol–water partition coefficient (Wildman–Crippen LogP) is 2.34. The van der Waals surface area contributed by atoms with Gasteiger partial charge in [0.2, 0.25) is 0 Å². The minimum Gasteiger partial charge on any atom is -0.507 e. The van der Waals surface area contributed by atoms with Crippen LogP contribution in [0.5, 0.6) is 17.2 Å². The van der Waals surface area contributed by atoms with E-state index < -0.39 is 6.04 Å². The van der Waals surface area contributed by atoms with Gasteiger partial charge in [0.1, 0.15) is 23.9 Å². The van der Waals surface area contributed by atoms with E-state index in [1.807, 2.05) is 0 Å². The predicted molar refractivity (Wildman–Crippen MR) is 108 cm³/mol. The summed E-state index contributed by atoms with van der Waals surface area (Å²) in [5.74, 6) is 0.0606. The van der Waals surface area contributed by atoms with Gasteiger partial charge >= 0.3 is 0 Å². The summed E-state index contributed by atoms with van der Waals surface area (Å²) >= 11 is 0.